The Bertz CT molecular complexity index is 420. The van der Waals surface area contributed by atoms with Crippen molar-refractivity contribution in [2.45, 2.75) is 27.2 Å². The third-order valence-electron chi connectivity index (χ3n) is 2.11. The van der Waals surface area contributed by atoms with E-state index in [2.05, 4.69) is 0 Å². The van der Waals surface area contributed by atoms with Gasteiger partial charge in [0.05, 0.1) is 6.61 Å². The van der Waals surface area contributed by atoms with Crippen molar-refractivity contribution >= 4 is 23.3 Å². The molecule has 0 atom stereocenters. The van der Waals surface area contributed by atoms with Crippen LogP contribution in [0.1, 0.15) is 45.7 Å². The predicted octanol–water partition coefficient (Wildman–Crippen LogP) is 2.82. The van der Waals surface area contributed by atoms with Gasteiger partial charge in [-0.2, -0.15) is 0 Å². The van der Waals surface area contributed by atoms with Crippen LogP contribution in [0, 0.1) is 5.92 Å². The molecule has 0 saturated carbocycles. The molecule has 4 nitrogen and oxygen atoms in total. The largest absolute Gasteiger partial charge is 0.477 e. The van der Waals surface area contributed by atoms with Crippen LogP contribution in [-0.2, 0) is 11.2 Å². The first-order valence-electron chi connectivity index (χ1n) is 5.48. The molecule has 0 aliphatic heterocycles. The van der Waals surface area contributed by atoms with Gasteiger partial charge in [-0.1, -0.05) is 13.8 Å². The first-order valence-corrected chi connectivity index (χ1v) is 6.30. The number of hydrogen-bond donors (Lipinski definition) is 1. The zero-order valence-corrected chi connectivity index (χ0v) is 11.0. The van der Waals surface area contributed by atoms with Crippen LogP contribution < -0.4 is 0 Å². The maximum Gasteiger partial charge on any atom is 0.348 e. The Morgan fingerprint density at radius 1 is 1.47 bits per heavy atom. The molecule has 1 aromatic heterocycles. The van der Waals surface area contributed by atoms with Crippen LogP contribution in [0.25, 0.3) is 0 Å². The molecule has 0 saturated heterocycles. The molecule has 1 rings (SSSR count). The summed E-state index contributed by atoms with van der Waals surface area (Å²) < 4.78 is 4.92. The molecule has 0 amide bonds. The lowest BCUT2D eigenvalue weighted by molar-refractivity contribution is 0.0530. The quantitative estimate of drug-likeness (QED) is 0.823. The zero-order chi connectivity index (χ0) is 13.0. The van der Waals surface area contributed by atoms with Gasteiger partial charge >= 0.3 is 11.9 Å². The molecule has 0 aliphatic carbocycles. The minimum Gasteiger partial charge on any atom is -0.477 e. The van der Waals surface area contributed by atoms with Gasteiger partial charge in [0.15, 0.2) is 0 Å². The van der Waals surface area contributed by atoms with Crippen molar-refractivity contribution in [1.29, 1.82) is 0 Å². The van der Waals surface area contributed by atoms with E-state index in [9.17, 15) is 9.59 Å². The normalized spacial score (nSPS) is 10.6. The maximum absolute atomic E-state index is 11.7. The van der Waals surface area contributed by atoms with Crippen molar-refractivity contribution in [2.75, 3.05) is 6.61 Å². The van der Waals surface area contributed by atoms with Crippen molar-refractivity contribution in [3.8, 4) is 0 Å². The number of carboxylic acid groups (broad SMARTS) is 1. The molecule has 0 aromatic carbocycles. The molecule has 1 heterocycles. The Hall–Kier alpha value is -1.36. The summed E-state index contributed by atoms with van der Waals surface area (Å²) in [5.41, 5.74) is 0.765. The number of aromatic carboxylic acids is 1. The van der Waals surface area contributed by atoms with E-state index in [1.807, 2.05) is 13.8 Å². The van der Waals surface area contributed by atoms with E-state index in [1.165, 1.54) is 0 Å². The summed E-state index contributed by atoms with van der Waals surface area (Å²) in [6.45, 7) is 6.06. The van der Waals surface area contributed by atoms with Gasteiger partial charge in [-0.25, -0.2) is 9.59 Å². The van der Waals surface area contributed by atoms with E-state index in [1.54, 1.807) is 13.0 Å². The van der Waals surface area contributed by atoms with E-state index < -0.39 is 11.9 Å². The Morgan fingerprint density at radius 3 is 2.59 bits per heavy atom. The SMILES string of the molecule is CCOC(=O)c1sc(C(=O)O)cc1CC(C)C. The highest BCUT2D eigenvalue weighted by Gasteiger charge is 2.20. The van der Waals surface area contributed by atoms with Crippen LogP contribution in [0.15, 0.2) is 6.07 Å². The Balaban J connectivity index is 3.07. The van der Waals surface area contributed by atoms with Gasteiger partial charge < -0.3 is 9.84 Å². The number of carbonyl (C=O) groups excluding carboxylic acids is 1. The van der Waals surface area contributed by atoms with Crippen molar-refractivity contribution in [2.24, 2.45) is 5.92 Å². The standard InChI is InChI=1S/C12H16O4S/c1-4-16-12(15)10-8(5-7(2)3)6-9(17-10)11(13)14/h6-7H,4-5H2,1-3H3,(H,13,14). The number of rotatable bonds is 5. The summed E-state index contributed by atoms with van der Waals surface area (Å²) in [5, 5.41) is 8.93. The molecule has 1 aromatic rings. The van der Waals surface area contributed by atoms with Gasteiger partial charge in [-0.3, -0.25) is 0 Å². The number of carboxylic acids is 1. The Morgan fingerprint density at radius 2 is 2.12 bits per heavy atom. The third kappa shape index (κ3) is 3.56. The fraction of sp³-hybridized carbons (Fsp3) is 0.500. The fourth-order valence-corrected chi connectivity index (χ4v) is 2.42. The molecule has 0 unspecified atom stereocenters. The molecule has 0 bridgehead atoms. The summed E-state index contributed by atoms with van der Waals surface area (Å²) in [6.07, 6.45) is 0.678. The lowest BCUT2D eigenvalue weighted by Gasteiger charge is -2.05. The number of hydrogen-bond acceptors (Lipinski definition) is 4. The summed E-state index contributed by atoms with van der Waals surface area (Å²) in [6, 6.07) is 1.57. The lowest BCUT2D eigenvalue weighted by Crippen LogP contribution is -2.06. The van der Waals surface area contributed by atoms with Crippen molar-refractivity contribution in [3.05, 3.63) is 21.4 Å². The minimum atomic E-state index is -1.00. The van der Waals surface area contributed by atoms with Crippen molar-refractivity contribution in [3.63, 3.8) is 0 Å². The molecule has 5 heteroatoms. The van der Waals surface area contributed by atoms with Crippen molar-refractivity contribution in [1.82, 2.24) is 0 Å². The van der Waals surface area contributed by atoms with E-state index in [-0.39, 0.29) is 4.88 Å². The molecule has 0 radical (unpaired) electrons. The second kappa shape index (κ2) is 5.82. The maximum atomic E-state index is 11.7. The van der Waals surface area contributed by atoms with Gasteiger partial charge in [0.1, 0.15) is 9.75 Å². The van der Waals surface area contributed by atoms with E-state index in [0.29, 0.717) is 23.8 Å². The molecule has 0 spiro atoms. The zero-order valence-electron chi connectivity index (χ0n) is 10.1. The summed E-state index contributed by atoms with van der Waals surface area (Å²) >= 11 is 0.984. The van der Waals surface area contributed by atoms with Gasteiger partial charge in [-0.15, -0.1) is 11.3 Å². The highest BCUT2D eigenvalue weighted by Crippen LogP contribution is 2.26. The Labute approximate surface area is 104 Å². The molecule has 0 fully saturated rings. The minimum absolute atomic E-state index is 0.184. The van der Waals surface area contributed by atoms with Crippen molar-refractivity contribution < 1.29 is 19.4 Å². The number of ether oxygens (including phenoxy) is 1. The number of thiophene rings is 1. The van der Waals surface area contributed by atoms with Gasteiger partial charge in [0.2, 0.25) is 0 Å². The molecule has 17 heavy (non-hydrogen) atoms. The van der Waals surface area contributed by atoms with Crippen LogP contribution in [0.3, 0.4) is 0 Å². The predicted molar refractivity (Wildman–Crippen MR) is 65.8 cm³/mol. The third-order valence-corrected chi connectivity index (χ3v) is 3.25. The van der Waals surface area contributed by atoms with Gasteiger partial charge in [-0.05, 0) is 30.9 Å². The monoisotopic (exact) mass is 256 g/mol. The molecule has 94 valence electrons. The first kappa shape index (κ1) is 13.7. The molecule has 1 N–H and O–H groups in total. The topological polar surface area (TPSA) is 63.6 Å². The molecular formula is C12H16O4S. The van der Waals surface area contributed by atoms with Crippen LogP contribution >= 0.6 is 11.3 Å². The van der Waals surface area contributed by atoms with E-state index >= 15 is 0 Å². The average molecular weight is 256 g/mol. The number of esters is 1. The smallest absolute Gasteiger partial charge is 0.348 e. The van der Waals surface area contributed by atoms with Gasteiger partial charge in [0, 0.05) is 0 Å². The average Bonchev–Trinajstić information content (AvgIpc) is 2.61. The first-order chi connectivity index (χ1) is 7.95. The summed E-state index contributed by atoms with van der Waals surface area (Å²) in [5.74, 6) is -1.07. The highest BCUT2D eigenvalue weighted by molar-refractivity contribution is 7.16. The van der Waals surface area contributed by atoms with E-state index in [0.717, 1.165) is 16.9 Å². The van der Waals surface area contributed by atoms with Crippen LogP contribution in [-0.4, -0.2) is 23.7 Å². The Kier molecular flexibility index (Phi) is 4.69. The summed E-state index contributed by atoms with van der Waals surface area (Å²) in [4.78, 5) is 23.2. The van der Waals surface area contributed by atoms with Crippen LogP contribution in [0.2, 0.25) is 0 Å². The summed E-state index contributed by atoms with van der Waals surface area (Å²) in [7, 11) is 0. The van der Waals surface area contributed by atoms with E-state index in [4.69, 9.17) is 9.84 Å². The fourth-order valence-electron chi connectivity index (χ4n) is 1.50. The molecular weight excluding hydrogens is 240 g/mol. The van der Waals surface area contributed by atoms with Crippen LogP contribution in [0.4, 0.5) is 0 Å². The lowest BCUT2D eigenvalue weighted by atomic mass is 10.0. The second-order valence-corrected chi connectivity index (χ2v) is 5.14. The number of carbonyl (C=O) groups is 2. The highest BCUT2D eigenvalue weighted by atomic mass is 32.1. The van der Waals surface area contributed by atoms with Gasteiger partial charge in [0.25, 0.3) is 0 Å². The van der Waals surface area contributed by atoms with Crippen LogP contribution in [0.5, 0.6) is 0 Å². The second-order valence-electron chi connectivity index (χ2n) is 4.09. The molecule has 0 aliphatic rings.